The van der Waals surface area contributed by atoms with Gasteiger partial charge in [-0.25, -0.2) is 0 Å². The summed E-state index contributed by atoms with van der Waals surface area (Å²) >= 11 is 0. The van der Waals surface area contributed by atoms with Crippen LogP contribution >= 0.6 is 0 Å². The first-order chi connectivity index (χ1) is 17.5. The third-order valence-electron chi connectivity index (χ3n) is 6.07. The number of fused-ring (bicyclic) bond motifs is 1. The summed E-state index contributed by atoms with van der Waals surface area (Å²) in [7, 11) is 4.30. The average Bonchev–Trinajstić information content (AvgIpc) is 2.93. The van der Waals surface area contributed by atoms with Crippen molar-refractivity contribution in [3.63, 3.8) is 0 Å². The number of anilines is 1. The summed E-state index contributed by atoms with van der Waals surface area (Å²) in [6.45, 7) is 10.5. The zero-order valence-corrected chi connectivity index (χ0v) is 26.0. The minimum absolute atomic E-state index is 0. The van der Waals surface area contributed by atoms with E-state index in [1.807, 2.05) is 36.4 Å². The van der Waals surface area contributed by atoms with Crippen molar-refractivity contribution in [2.75, 3.05) is 40.2 Å². The number of likely N-dealkylation sites (tertiary alicyclic amines) is 1. The van der Waals surface area contributed by atoms with Crippen LogP contribution in [0.15, 0.2) is 74.0 Å². The molecule has 1 fully saturated rings. The number of nitrogens with two attached hydrogens (primary N) is 1. The number of aliphatic hydroxyl groups is 2. The fraction of sp³-hybridized carbons (Fsp3) is 0.333. The Balaban J connectivity index is 0.000000673. The Morgan fingerprint density at radius 3 is 2.50 bits per heavy atom. The number of piperidine rings is 1. The van der Waals surface area contributed by atoms with E-state index in [1.54, 1.807) is 26.5 Å². The van der Waals surface area contributed by atoms with Crippen molar-refractivity contribution in [1.82, 2.24) is 9.88 Å². The van der Waals surface area contributed by atoms with Gasteiger partial charge in [-0.2, -0.15) is 0 Å². The molecule has 1 saturated heterocycles. The number of nitrogen functional groups attached to an aromatic ring is 1. The van der Waals surface area contributed by atoms with Crippen LogP contribution in [0.3, 0.4) is 0 Å². The summed E-state index contributed by atoms with van der Waals surface area (Å²) < 4.78 is 10.8. The standard InChI is InChI=1S/C16H24N2O2.C12H11NO.CH4O.CH3.Y/c1-4-12-6-5-7-18(10-12)11-13-8-14(17)9-15(19-2)16(13)20-3;1-2-12(14)10-7-8-13-11-6-4-3-5-9(10)11;1-2;;/h4,8-9,12H,1,5-7,10-11,17H2,2-3H3;2-8,12,14H,1H2;2H,1H3;1H3;/q;;;-1;. The Kier molecular flexibility index (Phi) is 17.7. The minimum Gasteiger partial charge on any atom is -0.493 e. The van der Waals surface area contributed by atoms with Crippen LogP contribution < -0.4 is 15.2 Å². The molecule has 0 aliphatic carbocycles. The molecule has 2 unspecified atom stereocenters. The van der Waals surface area contributed by atoms with Gasteiger partial charge in [-0.1, -0.05) is 30.4 Å². The minimum atomic E-state index is -0.622. The van der Waals surface area contributed by atoms with Crippen LogP contribution in [0.2, 0.25) is 0 Å². The molecular weight excluding hydrogens is 555 g/mol. The van der Waals surface area contributed by atoms with Crippen molar-refractivity contribution in [3.05, 3.63) is 92.5 Å². The molecular formula is C30H42N3O4Y-. The maximum absolute atomic E-state index is 9.68. The van der Waals surface area contributed by atoms with E-state index in [2.05, 4.69) is 29.1 Å². The molecule has 2 aromatic carbocycles. The number of aromatic nitrogens is 1. The molecule has 7 nitrogen and oxygen atoms in total. The van der Waals surface area contributed by atoms with E-state index >= 15 is 0 Å². The van der Waals surface area contributed by atoms with Crippen molar-refractivity contribution in [2.45, 2.75) is 25.5 Å². The van der Waals surface area contributed by atoms with E-state index in [4.69, 9.17) is 20.3 Å². The van der Waals surface area contributed by atoms with Gasteiger partial charge in [0.15, 0.2) is 11.5 Å². The van der Waals surface area contributed by atoms with E-state index in [0.717, 1.165) is 54.5 Å². The van der Waals surface area contributed by atoms with Gasteiger partial charge in [0.1, 0.15) is 0 Å². The SMILES string of the molecule is C=CC(O)c1ccnc2ccccc12.C=CC1CCCN(Cc2cc(N)cc(OC)c2OC)C1.CO.[CH3-].[Y]. The molecule has 2 atom stereocenters. The molecule has 0 spiro atoms. The van der Waals surface area contributed by atoms with Gasteiger partial charge in [-0.05, 0) is 49.1 Å². The number of methoxy groups -OCH3 is 2. The second-order valence-corrected chi connectivity index (χ2v) is 8.39. The van der Waals surface area contributed by atoms with Crippen LogP contribution in [-0.2, 0) is 39.3 Å². The van der Waals surface area contributed by atoms with E-state index in [1.165, 1.54) is 18.9 Å². The van der Waals surface area contributed by atoms with Gasteiger partial charge in [-0.15, -0.1) is 13.2 Å². The monoisotopic (exact) mass is 597 g/mol. The van der Waals surface area contributed by atoms with Crippen molar-refractivity contribution in [1.29, 1.82) is 0 Å². The van der Waals surface area contributed by atoms with Crippen LogP contribution in [0.1, 0.15) is 30.1 Å². The Hall–Kier alpha value is -2.29. The number of para-hydroxylation sites is 1. The quantitative estimate of drug-likeness (QED) is 0.196. The van der Waals surface area contributed by atoms with Gasteiger partial charge >= 0.3 is 0 Å². The smallest absolute Gasteiger partial charge is 0.165 e. The van der Waals surface area contributed by atoms with Crippen molar-refractivity contribution < 1.29 is 52.4 Å². The van der Waals surface area contributed by atoms with Crippen LogP contribution in [0, 0.1) is 13.3 Å². The number of rotatable bonds is 7. The average molecular weight is 598 g/mol. The molecule has 38 heavy (non-hydrogen) atoms. The third kappa shape index (κ3) is 9.79. The fourth-order valence-electron chi connectivity index (χ4n) is 4.36. The van der Waals surface area contributed by atoms with Gasteiger partial charge in [0.25, 0.3) is 0 Å². The summed E-state index contributed by atoms with van der Waals surface area (Å²) in [5, 5.41) is 17.7. The van der Waals surface area contributed by atoms with E-state index < -0.39 is 6.10 Å². The summed E-state index contributed by atoms with van der Waals surface area (Å²) in [5.74, 6) is 2.06. The molecule has 1 aliphatic rings. The number of pyridine rings is 1. The zero-order valence-electron chi connectivity index (χ0n) is 23.1. The number of aliphatic hydroxyl groups excluding tert-OH is 2. The molecule has 1 aromatic heterocycles. The number of ether oxygens (including phenoxy) is 2. The fourth-order valence-corrected chi connectivity index (χ4v) is 4.36. The second-order valence-electron chi connectivity index (χ2n) is 8.39. The van der Waals surface area contributed by atoms with E-state index in [9.17, 15) is 5.11 Å². The van der Waals surface area contributed by atoms with E-state index in [0.29, 0.717) is 17.4 Å². The Labute approximate surface area is 253 Å². The van der Waals surface area contributed by atoms with E-state index in [-0.39, 0.29) is 40.1 Å². The molecule has 0 bridgehead atoms. The molecule has 1 radical (unpaired) electrons. The van der Waals surface area contributed by atoms with Gasteiger partial charge in [0.05, 0.1) is 25.8 Å². The van der Waals surface area contributed by atoms with Crippen molar-refractivity contribution in [2.24, 2.45) is 5.92 Å². The maximum atomic E-state index is 9.68. The molecule has 4 N–H and O–H groups in total. The maximum Gasteiger partial charge on any atom is 0.165 e. The molecule has 8 heteroatoms. The summed E-state index contributed by atoms with van der Waals surface area (Å²) in [6.07, 6.45) is 7.09. The van der Waals surface area contributed by atoms with Gasteiger partial charge in [0, 0.05) is 81.8 Å². The first-order valence-corrected chi connectivity index (χ1v) is 11.9. The Bertz CT molecular complexity index is 1120. The Morgan fingerprint density at radius 1 is 1.16 bits per heavy atom. The first-order valence-electron chi connectivity index (χ1n) is 11.9. The number of nitrogens with zero attached hydrogens (tertiary/aromatic N) is 2. The molecule has 3 aromatic rings. The molecule has 4 rings (SSSR count). The molecule has 0 saturated carbocycles. The molecule has 2 heterocycles. The van der Waals surface area contributed by atoms with Gasteiger partial charge in [-0.3, -0.25) is 9.88 Å². The summed E-state index contributed by atoms with van der Waals surface area (Å²) in [6, 6.07) is 13.3. The van der Waals surface area contributed by atoms with Crippen molar-refractivity contribution >= 4 is 16.6 Å². The van der Waals surface area contributed by atoms with Crippen LogP contribution in [0.5, 0.6) is 11.5 Å². The Morgan fingerprint density at radius 2 is 1.87 bits per heavy atom. The van der Waals surface area contributed by atoms with Crippen LogP contribution in [0.4, 0.5) is 5.69 Å². The largest absolute Gasteiger partial charge is 0.493 e. The van der Waals surface area contributed by atoms with Crippen LogP contribution in [0.25, 0.3) is 10.9 Å². The predicted octanol–water partition coefficient (Wildman–Crippen LogP) is 5.19. The zero-order chi connectivity index (χ0) is 26.5. The topological polar surface area (TPSA) is 101 Å². The first kappa shape index (κ1) is 35.7. The third-order valence-corrected chi connectivity index (χ3v) is 6.07. The second kappa shape index (κ2) is 18.9. The van der Waals surface area contributed by atoms with Gasteiger partial charge < -0.3 is 32.8 Å². The normalized spacial score (nSPS) is 15.1. The summed E-state index contributed by atoms with van der Waals surface area (Å²) in [4.78, 5) is 6.64. The van der Waals surface area contributed by atoms with Crippen LogP contribution in [-0.4, -0.2) is 54.5 Å². The predicted molar refractivity (Wildman–Crippen MR) is 154 cm³/mol. The molecule has 0 amide bonds. The number of benzene rings is 2. The number of hydrogen-bond acceptors (Lipinski definition) is 7. The summed E-state index contributed by atoms with van der Waals surface area (Å²) in [5.41, 5.74) is 9.48. The van der Waals surface area contributed by atoms with Crippen molar-refractivity contribution in [3.8, 4) is 11.5 Å². The molecule has 205 valence electrons. The molecule has 1 aliphatic heterocycles. The number of hydrogen-bond donors (Lipinski definition) is 3. The van der Waals surface area contributed by atoms with Gasteiger partial charge in [0.2, 0.25) is 0 Å².